The lowest BCUT2D eigenvalue weighted by Crippen LogP contribution is -2.38. The second-order valence-electron chi connectivity index (χ2n) is 4.11. The number of thiophene rings is 1. The van der Waals surface area contributed by atoms with Gasteiger partial charge < -0.3 is 5.11 Å². The average Bonchev–Trinajstić information content (AvgIpc) is 2.78. The number of carbonyl (C=O) groups is 1. The molecule has 0 fully saturated rings. The summed E-state index contributed by atoms with van der Waals surface area (Å²) in [7, 11) is -2.01. The largest absolute Gasteiger partial charge is 0.481 e. The van der Waals surface area contributed by atoms with Gasteiger partial charge in [-0.1, -0.05) is 6.07 Å². The number of nitrogens with zero attached hydrogens (tertiary/aromatic N) is 1. The summed E-state index contributed by atoms with van der Waals surface area (Å²) in [6.45, 7) is 1.82. The van der Waals surface area contributed by atoms with Gasteiger partial charge in [0.15, 0.2) is 0 Å². The lowest BCUT2D eigenvalue weighted by Gasteiger charge is -2.23. The predicted octanol–water partition coefficient (Wildman–Crippen LogP) is 1.42. The SMILES string of the molecule is CC(Cc1cccs1)N(C)S(=O)(=O)CCC(=O)O. The van der Waals surface area contributed by atoms with Crippen LogP contribution in [0.4, 0.5) is 0 Å². The summed E-state index contributed by atoms with van der Waals surface area (Å²) in [5.74, 6) is -1.45. The fourth-order valence-corrected chi connectivity index (χ4v) is 3.65. The molecule has 1 unspecified atom stereocenters. The summed E-state index contributed by atoms with van der Waals surface area (Å²) in [5.41, 5.74) is 0. The molecule has 0 aromatic carbocycles. The van der Waals surface area contributed by atoms with E-state index in [1.54, 1.807) is 11.3 Å². The monoisotopic (exact) mass is 291 g/mol. The van der Waals surface area contributed by atoms with Crippen LogP contribution in [0.3, 0.4) is 0 Å². The van der Waals surface area contributed by atoms with Gasteiger partial charge in [0, 0.05) is 18.0 Å². The quantitative estimate of drug-likeness (QED) is 0.824. The van der Waals surface area contributed by atoms with E-state index in [0.717, 1.165) is 4.88 Å². The van der Waals surface area contributed by atoms with Crippen molar-refractivity contribution in [3.05, 3.63) is 22.4 Å². The van der Waals surface area contributed by atoms with E-state index in [4.69, 9.17) is 5.11 Å². The molecule has 1 N–H and O–H groups in total. The molecule has 7 heteroatoms. The summed E-state index contributed by atoms with van der Waals surface area (Å²) < 4.78 is 25.0. The van der Waals surface area contributed by atoms with Crippen LogP contribution in [-0.4, -0.2) is 42.6 Å². The molecule has 0 radical (unpaired) electrons. The number of hydrogen-bond donors (Lipinski definition) is 1. The van der Waals surface area contributed by atoms with Crippen molar-refractivity contribution in [3.8, 4) is 0 Å². The molecule has 0 aliphatic heterocycles. The number of carboxylic acid groups (broad SMARTS) is 1. The molecule has 0 aliphatic rings. The van der Waals surface area contributed by atoms with Crippen LogP contribution in [0, 0.1) is 0 Å². The van der Waals surface area contributed by atoms with E-state index < -0.39 is 16.0 Å². The molecule has 0 aliphatic carbocycles. The molecule has 0 bridgehead atoms. The van der Waals surface area contributed by atoms with Crippen molar-refractivity contribution in [1.29, 1.82) is 0 Å². The first-order chi connectivity index (χ1) is 8.33. The van der Waals surface area contributed by atoms with Gasteiger partial charge in [-0.3, -0.25) is 4.79 Å². The first kappa shape index (κ1) is 15.1. The van der Waals surface area contributed by atoms with Gasteiger partial charge in [-0.05, 0) is 24.8 Å². The Bertz CT molecular complexity index is 481. The van der Waals surface area contributed by atoms with E-state index in [0.29, 0.717) is 6.42 Å². The normalized spacial score (nSPS) is 13.7. The molecule has 1 heterocycles. The zero-order valence-electron chi connectivity index (χ0n) is 10.4. The lowest BCUT2D eigenvalue weighted by molar-refractivity contribution is -0.136. The molecule has 0 saturated carbocycles. The Balaban J connectivity index is 2.61. The maximum atomic E-state index is 11.9. The van der Waals surface area contributed by atoms with Crippen LogP contribution in [0.5, 0.6) is 0 Å². The first-order valence-electron chi connectivity index (χ1n) is 5.53. The van der Waals surface area contributed by atoms with Crippen LogP contribution in [-0.2, 0) is 21.2 Å². The Morgan fingerprint density at radius 3 is 2.72 bits per heavy atom. The van der Waals surface area contributed by atoms with Gasteiger partial charge in [0.25, 0.3) is 0 Å². The van der Waals surface area contributed by atoms with Crippen molar-refractivity contribution < 1.29 is 18.3 Å². The van der Waals surface area contributed by atoms with Gasteiger partial charge >= 0.3 is 5.97 Å². The summed E-state index contributed by atoms with van der Waals surface area (Å²) in [5, 5.41) is 10.5. The van der Waals surface area contributed by atoms with Crippen LogP contribution >= 0.6 is 11.3 Å². The summed E-state index contributed by atoms with van der Waals surface area (Å²) in [6, 6.07) is 3.70. The van der Waals surface area contributed by atoms with Gasteiger partial charge in [-0.25, -0.2) is 12.7 Å². The second kappa shape index (κ2) is 6.31. The Hall–Kier alpha value is -0.920. The van der Waals surface area contributed by atoms with Gasteiger partial charge in [-0.15, -0.1) is 11.3 Å². The topological polar surface area (TPSA) is 74.7 Å². The first-order valence-corrected chi connectivity index (χ1v) is 8.01. The maximum Gasteiger partial charge on any atom is 0.304 e. The average molecular weight is 291 g/mol. The number of likely N-dealkylation sites (N-methyl/N-ethyl adjacent to an activating group) is 1. The third-order valence-electron chi connectivity index (χ3n) is 2.71. The van der Waals surface area contributed by atoms with Crippen molar-refractivity contribution in [1.82, 2.24) is 4.31 Å². The van der Waals surface area contributed by atoms with Gasteiger partial charge in [0.05, 0.1) is 12.2 Å². The minimum Gasteiger partial charge on any atom is -0.481 e. The fraction of sp³-hybridized carbons (Fsp3) is 0.545. The van der Waals surface area contributed by atoms with Crippen molar-refractivity contribution >= 4 is 27.3 Å². The molecule has 1 aromatic rings. The van der Waals surface area contributed by atoms with Gasteiger partial charge in [0.2, 0.25) is 10.0 Å². The zero-order valence-corrected chi connectivity index (χ0v) is 12.0. The highest BCUT2D eigenvalue weighted by atomic mass is 32.2. The smallest absolute Gasteiger partial charge is 0.304 e. The molecule has 102 valence electrons. The molecule has 1 aromatic heterocycles. The Morgan fingerprint density at radius 2 is 2.22 bits per heavy atom. The van der Waals surface area contributed by atoms with E-state index in [-0.39, 0.29) is 18.2 Å². The summed E-state index contributed by atoms with van der Waals surface area (Å²) in [4.78, 5) is 11.5. The number of hydrogen-bond acceptors (Lipinski definition) is 4. The van der Waals surface area contributed by atoms with E-state index in [1.807, 2.05) is 24.4 Å². The molecule has 0 saturated heterocycles. The Kier molecular flexibility index (Phi) is 5.30. The van der Waals surface area contributed by atoms with Crippen molar-refractivity contribution in [2.24, 2.45) is 0 Å². The van der Waals surface area contributed by atoms with Crippen LogP contribution in [0.15, 0.2) is 17.5 Å². The number of sulfonamides is 1. The minimum atomic E-state index is -3.50. The summed E-state index contributed by atoms with van der Waals surface area (Å²) >= 11 is 1.58. The Labute approximate surface area is 111 Å². The highest BCUT2D eigenvalue weighted by molar-refractivity contribution is 7.89. The molecule has 0 spiro atoms. The van der Waals surface area contributed by atoms with E-state index in [2.05, 4.69) is 0 Å². The van der Waals surface area contributed by atoms with Crippen LogP contribution in [0.1, 0.15) is 18.2 Å². The molecule has 0 amide bonds. The van der Waals surface area contributed by atoms with E-state index in [9.17, 15) is 13.2 Å². The highest BCUT2D eigenvalue weighted by Crippen LogP contribution is 2.15. The second-order valence-corrected chi connectivity index (χ2v) is 7.29. The van der Waals surface area contributed by atoms with Gasteiger partial charge in [-0.2, -0.15) is 0 Å². The minimum absolute atomic E-state index is 0.178. The van der Waals surface area contributed by atoms with Crippen LogP contribution < -0.4 is 0 Å². The molecule has 1 atom stereocenters. The molecular weight excluding hydrogens is 274 g/mol. The zero-order chi connectivity index (χ0) is 13.8. The van der Waals surface area contributed by atoms with Crippen molar-refractivity contribution in [2.75, 3.05) is 12.8 Å². The number of rotatable bonds is 7. The molecule has 18 heavy (non-hydrogen) atoms. The standard InChI is InChI=1S/C11H17NO4S2/c1-9(8-10-4-3-6-17-10)12(2)18(15,16)7-5-11(13)14/h3-4,6,9H,5,7-8H2,1-2H3,(H,13,14). The Morgan fingerprint density at radius 1 is 1.56 bits per heavy atom. The van der Waals surface area contributed by atoms with Crippen LogP contribution in [0.25, 0.3) is 0 Å². The number of carboxylic acids is 1. The fourth-order valence-electron chi connectivity index (χ4n) is 1.48. The van der Waals surface area contributed by atoms with E-state index >= 15 is 0 Å². The van der Waals surface area contributed by atoms with Crippen molar-refractivity contribution in [3.63, 3.8) is 0 Å². The number of aliphatic carboxylic acids is 1. The maximum absolute atomic E-state index is 11.9. The molecular formula is C11H17NO4S2. The predicted molar refractivity (Wildman–Crippen MR) is 71.3 cm³/mol. The van der Waals surface area contributed by atoms with E-state index in [1.165, 1.54) is 11.4 Å². The molecule has 5 nitrogen and oxygen atoms in total. The highest BCUT2D eigenvalue weighted by Gasteiger charge is 2.24. The van der Waals surface area contributed by atoms with Gasteiger partial charge in [0.1, 0.15) is 0 Å². The van der Waals surface area contributed by atoms with Crippen LogP contribution in [0.2, 0.25) is 0 Å². The lowest BCUT2D eigenvalue weighted by atomic mass is 10.2. The third kappa shape index (κ3) is 4.40. The van der Waals surface area contributed by atoms with Crippen molar-refractivity contribution in [2.45, 2.75) is 25.8 Å². The molecule has 1 rings (SSSR count). The summed E-state index contributed by atoms with van der Waals surface area (Å²) in [6.07, 6.45) is 0.277. The third-order valence-corrected chi connectivity index (χ3v) is 5.57.